The van der Waals surface area contributed by atoms with Gasteiger partial charge < -0.3 is 24.4 Å². The van der Waals surface area contributed by atoms with Gasteiger partial charge >= 0.3 is 0 Å². The predicted molar refractivity (Wildman–Crippen MR) is 183 cm³/mol. The summed E-state index contributed by atoms with van der Waals surface area (Å²) in [4.78, 5) is 31.2. The molecule has 0 bridgehead atoms. The average Bonchev–Trinajstić information content (AvgIpc) is 3.06. The molecule has 1 aliphatic carbocycles. The standard InChI is InChI=1S/C36H53N3O7S/c1-25-14-17-31(18-15-25)47(43,44)37-30-16-19-33-32(21-30)36(42)39(27(3)24-40)22-26(2)34(45-20-10-9-11-28(4)46-33)23-38(5)35(41)29-12-7-6-8-13-29/h14-19,21,26-29,34,37,40H,6-13,20,22-24H2,1-5H3/t26-,27-,28-,34-/m1/s1. The van der Waals surface area contributed by atoms with E-state index in [9.17, 15) is 23.1 Å². The van der Waals surface area contributed by atoms with E-state index in [4.69, 9.17) is 9.47 Å². The van der Waals surface area contributed by atoms with Gasteiger partial charge in [0.1, 0.15) is 5.75 Å². The Morgan fingerprint density at radius 2 is 1.72 bits per heavy atom. The van der Waals surface area contributed by atoms with Gasteiger partial charge in [0.25, 0.3) is 15.9 Å². The second-order valence-corrected chi connectivity index (χ2v) is 15.2. The molecule has 0 spiro atoms. The molecule has 260 valence electrons. The van der Waals surface area contributed by atoms with Crippen LogP contribution >= 0.6 is 0 Å². The van der Waals surface area contributed by atoms with Crippen LogP contribution in [0, 0.1) is 18.8 Å². The Hall–Kier alpha value is -3.15. The zero-order valence-electron chi connectivity index (χ0n) is 28.6. The fourth-order valence-electron chi connectivity index (χ4n) is 6.40. The Bertz CT molecular complexity index is 1440. The molecule has 1 fully saturated rings. The SMILES string of the molecule is Cc1ccc(S(=O)(=O)Nc2ccc3c(c2)C(=O)N([C@H](C)CO)C[C@@H](C)[C@@H](CN(C)C(=O)C2CCCCC2)OCCCC[C@@H](C)O3)cc1. The van der Waals surface area contributed by atoms with Crippen molar-refractivity contribution < 1.29 is 32.6 Å². The number of hydrogen-bond donors (Lipinski definition) is 2. The number of amides is 2. The second-order valence-electron chi connectivity index (χ2n) is 13.5. The summed E-state index contributed by atoms with van der Waals surface area (Å²) in [6.07, 6.45) is 7.04. The highest BCUT2D eigenvalue weighted by Crippen LogP contribution is 2.30. The highest BCUT2D eigenvalue weighted by molar-refractivity contribution is 7.92. The fourth-order valence-corrected chi connectivity index (χ4v) is 7.45. The zero-order chi connectivity index (χ0) is 34.1. The van der Waals surface area contributed by atoms with Gasteiger partial charge in [0.05, 0.1) is 35.3 Å². The maximum absolute atomic E-state index is 14.4. The first-order chi connectivity index (χ1) is 22.4. The van der Waals surface area contributed by atoms with E-state index in [1.165, 1.54) is 24.6 Å². The number of nitrogens with zero attached hydrogens (tertiary/aromatic N) is 2. The lowest BCUT2D eigenvalue weighted by molar-refractivity contribution is -0.137. The lowest BCUT2D eigenvalue weighted by Gasteiger charge is -2.36. The Morgan fingerprint density at radius 3 is 2.40 bits per heavy atom. The number of ether oxygens (including phenoxy) is 2. The van der Waals surface area contributed by atoms with E-state index < -0.39 is 16.1 Å². The van der Waals surface area contributed by atoms with Crippen molar-refractivity contribution in [3.05, 3.63) is 53.6 Å². The number of aliphatic hydroxyl groups excluding tert-OH is 1. The summed E-state index contributed by atoms with van der Waals surface area (Å²) in [6.45, 7) is 8.53. The molecule has 47 heavy (non-hydrogen) atoms. The Kier molecular flexibility index (Phi) is 13.1. The third-order valence-electron chi connectivity index (χ3n) is 9.42. The topological polar surface area (TPSA) is 125 Å². The predicted octanol–water partition coefficient (Wildman–Crippen LogP) is 5.63. The molecule has 10 nitrogen and oxygen atoms in total. The molecule has 11 heteroatoms. The summed E-state index contributed by atoms with van der Waals surface area (Å²) in [7, 11) is -2.08. The van der Waals surface area contributed by atoms with Crippen molar-refractivity contribution in [3.8, 4) is 5.75 Å². The van der Waals surface area contributed by atoms with Gasteiger partial charge in [-0.25, -0.2) is 8.42 Å². The van der Waals surface area contributed by atoms with Gasteiger partial charge in [0, 0.05) is 44.3 Å². The van der Waals surface area contributed by atoms with Crippen LogP contribution in [0.1, 0.15) is 88.1 Å². The van der Waals surface area contributed by atoms with E-state index in [1.54, 1.807) is 41.0 Å². The van der Waals surface area contributed by atoms with Crippen LogP contribution < -0.4 is 9.46 Å². The van der Waals surface area contributed by atoms with Gasteiger partial charge in [-0.2, -0.15) is 0 Å². The molecule has 2 amide bonds. The molecule has 0 saturated heterocycles. The largest absolute Gasteiger partial charge is 0.490 e. The van der Waals surface area contributed by atoms with Crippen LogP contribution in [0.5, 0.6) is 5.75 Å². The Labute approximate surface area is 280 Å². The maximum atomic E-state index is 14.4. The molecule has 2 aromatic rings. The third kappa shape index (κ3) is 9.93. The summed E-state index contributed by atoms with van der Waals surface area (Å²) in [5.74, 6) is -0.0163. The number of aliphatic hydroxyl groups is 1. The summed E-state index contributed by atoms with van der Waals surface area (Å²) in [5.41, 5.74) is 1.37. The highest BCUT2D eigenvalue weighted by atomic mass is 32.2. The second kappa shape index (κ2) is 16.8. The van der Waals surface area contributed by atoms with Crippen LogP contribution in [0.4, 0.5) is 5.69 Å². The molecule has 0 aromatic heterocycles. The monoisotopic (exact) mass is 671 g/mol. The fraction of sp³-hybridized carbons (Fsp3) is 0.611. The van der Waals surface area contributed by atoms with Gasteiger partial charge in [-0.1, -0.05) is 43.9 Å². The maximum Gasteiger partial charge on any atom is 0.261 e. The minimum atomic E-state index is -3.92. The Morgan fingerprint density at radius 1 is 1.04 bits per heavy atom. The minimum absolute atomic E-state index is 0.0469. The van der Waals surface area contributed by atoms with Gasteiger partial charge in [0.2, 0.25) is 5.91 Å². The van der Waals surface area contributed by atoms with E-state index in [1.807, 2.05) is 27.8 Å². The van der Waals surface area contributed by atoms with Crippen molar-refractivity contribution in [3.63, 3.8) is 0 Å². The van der Waals surface area contributed by atoms with E-state index in [2.05, 4.69) is 4.72 Å². The zero-order valence-corrected chi connectivity index (χ0v) is 29.4. The number of rotatable bonds is 8. The van der Waals surface area contributed by atoms with E-state index in [-0.39, 0.29) is 65.2 Å². The smallest absolute Gasteiger partial charge is 0.261 e. The third-order valence-corrected chi connectivity index (χ3v) is 10.8. The van der Waals surface area contributed by atoms with Crippen molar-refractivity contribution >= 4 is 27.5 Å². The average molecular weight is 672 g/mol. The molecule has 0 radical (unpaired) electrons. The molecule has 2 N–H and O–H groups in total. The van der Waals surface area contributed by atoms with Crippen molar-refractivity contribution in [2.24, 2.45) is 11.8 Å². The summed E-state index contributed by atoms with van der Waals surface area (Å²) in [6, 6.07) is 10.7. The molecule has 1 heterocycles. The minimum Gasteiger partial charge on any atom is -0.490 e. The highest BCUT2D eigenvalue weighted by Gasteiger charge is 2.32. The number of anilines is 1. The first kappa shape index (κ1) is 36.7. The van der Waals surface area contributed by atoms with E-state index >= 15 is 0 Å². The van der Waals surface area contributed by atoms with Crippen molar-refractivity contribution in [1.82, 2.24) is 9.80 Å². The number of sulfonamides is 1. The summed E-state index contributed by atoms with van der Waals surface area (Å²) >= 11 is 0. The van der Waals surface area contributed by atoms with Gasteiger partial charge in [-0.05, 0) is 83.2 Å². The molecule has 1 aliphatic heterocycles. The molecular formula is C36H53N3O7S. The molecule has 2 aromatic carbocycles. The van der Waals surface area contributed by atoms with Gasteiger partial charge in [-0.15, -0.1) is 0 Å². The molecule has 1 saturated carbocycles. The number of hydrogen-bond acceptors (Lipinski definition) is 7. The number of aryl methyl sites for hydroxylation is 1. The lowest BCUT2D eigenvalue weighted by atomic mass is 9.88. The number of carbonyl (C=O) groups is 2. The van der Waals surface area contributed by atoms with Crippen LogP contribution in [0.15, 0.2) is 47.4 Å². The van der Waals surface area contributed by atoms with Crippen LogP contribution in [-0.2, 0) is 19.6 Å². The first-order valence-corrected chi connectivity index (χ1v) is 18.6. The number of fused-ring (bicyclic) bond motifs is 1. The molecular weight excluding hydrogens is 618 g/mol. The number of benzene rings is 2. The number of carbonyl (C=O) groups excluding carboxylic acids is 2. The van der Waals surface area contributed by atoms with Gasteiger partial charge in [0.15, 0.2) is 0 Å². The number of likely N-dealkylation sites (N-methyl/N-ethyl adjacent to an activating group) is 1. The number of nitrogens with one attached hydrogen (secondary N) is 1. The van der Waals surface area contributed by atoms with Crippen molar-refractivity contribution in [1.29, 1.82) is 0 Å². The summed E-state index contributed by atoms with van der Waals surface area (Å²) in [5, 5.41) is 10.2. The molecule has 0 unspecified atom stereocenters. The van der Waals surface area contributed by atoms with E-state index in [0.29, 0.717) is 18.9 Å². The van der Waals surface area contributed by atoms with Crippen LogP contribution in [0.25, 0.3) is 0 Å². The molecule has 2 aliphatic rings. The first-order valence-electron chi connectivity index (χ1n) is 17.1. The van der Waals surface area contributed by atoms with Crippen LogP contribution in [0.2, 0.25) is 0 Å². The van der Waals surface area contributed by atoms with Crippen molar-refractivity contribution in [2.75, 3.05) is 38.1 Å². The van der Waals surface area contributed by atoms with Crippen molar-refractivity contribution in [2.45, 2.75) is 102 Å². The summed E-state index contributed by atoms with van der Waals surface area (Å²) < 4.78 is 41.7. The van der Waals surface area contributed by atoms with Gasteiger partial charge in [-0.3, -0.25) is 14.3 Å². The lowest BCUT2D eigenvalue weighted by Crippen LogP contribution is -2.48. The molecule has 4 atom stereocenters. The molecule has 4 rings (SSSR count). The van der Waals surface area contributed by atoms with E-state index in [0.717, 1.165) is 50.5 Å². The van der Waals surface area contributed by atoms with Crippen LogP contribution in [-0.4, -0.2) is 86.7 Å². The Balaban J connectivity index is 1.64. The van der Waals surface area contributed by atoms with Crippen LogP contribution in [0.3, 0.4) is 0 Å². The normalized spacial score (nSPS) is 22.8. The quantitative estimate of drug-likeness (QED) is 0.373.